The number of hydrogen-bond acceptors (Lipinski definition) is 5. The van der Waals surface area contributed by atoms with Crippen LogP contribution in [0.2, 0.25) is 0 Å². The molecule has 1 aromatic heterocycles. The number of nitrogens with zero attached hydrogens (tertiary/aromatic N) is 2. The van der Waals surface area contributed by atoms with Crippen LogP contribution in [0.4, 0.5) is 8.78 Å². The van der Waals surface area contributed by atoms with E-state index < -0.39 is 26.6 Å². The molecule has 0 radical (unpaired) electrons. The molecule has 1 heterocycles. The van der Waals surface area contributed by atoms with Crippen LogP contribution < -0.4 is 4.72 Å². The molecule has 0 aliphatic carbocycles. The van der Waals surface area contributed by atoms with Gasteiger partial charge in [-0.05, 0) is 19.1 Å². The predicted molar refractivity (Wildman–Crippen MR) is 59.4 cm³/mol. The second-order valence-electron chi connectivity index (χ2n) is 3.63. The minimum absolute atomic E-state index is 0.0450. The number of hydrogen-bond donors (Lipinski definition) is 1. The third-order valence-electron chi connectivity index (χ3n) is 2.17. The molecule has 0 amide bonds. The molecule has 0 spiro atoms. The van der Waals surface area contributed by atoms with E-state index in [0.29, 0.717) is 11.9 Å². The van der Waals surface area contributed by atoms with E-state index in [4.69, 9.17) is 4.52 Å². The van der Waals surface area contributed by atoms with Crippen molar-refractivity contribution in [3.05, 3.63) is 41.5 Å². The highest BCUT2D eigenvalue weighted by Gasteiger charge is 2.20. The molecule has 1 N–H and O–H groups in total. The predicted octanol–water partition coefficient (Wildman–Crippen LogP) is 1.13. The first kappa shape index (κ1) is 13.6. The molecule has 6 nitrogen and oxygen atoms in total. The van der Waals surface area contributed by atoms with Gasteiger partial charge in [-0.2, -0.15) is 4.98 Å². The summed E-state index contributed by atoms with van der Waals surface area (Å²) < 4.78 is 56.4. The number of rotatable bonds is 4. The Balaban J connectivity index is 2.18. The first-order valence-corrected chi connectivity index (χ1v) is 6.61. The topological polar surface area (TPSA) is 85.1 Å². The Morgan fingerprint density at radius 1 is 1.37 bits per heavy atom. The SMILES string of the molecule is Cc1noc(CNS(=O)(=O)c2ccc(F)cc2F)n1. The number of halogens is 2. The highest BCUT2D eigenvalue weighted by molar-refractivity contribution is 7.89. The van der Waals surface area contributed by atoms with Crippen LogP contribution in [-0.4, -0.2) is 18.6 Å². The summed E-state index contributed by atoms with van der Waals surface area (Å²) in [6, 6.07) is 2.19. The van der Waals surface area contributed by atoms with Crippen LogP contribution in [0, 0.1) is 18.6 Å². The number of aromatic nitrogens is 2. The Bertz CT molecular complexity index is 700. The second-order valence-corrected chi connectivity index (χ2v) is 5.37. The number of benzene rings is 1. The molecule has 0 atom stereocenters. The average molecular weight is 289 g/mol. The molecular formula is C10H9F2N3O3S. The lowest BCUT2D eigenvalue weighted by Crippen LogP contribution is -2.24. The first-order valence-electron chi connectivity index (χ1n) is 5.12. The summed E-state index contributed by atoms with van der Waals surface area (Å²) in [6.07, 6.45) is 0. The van der Waals surface area contributed by atoms with E-state index in [-0.39, 0.29) is 12.4 Å². The molecule has 102 valence electrons. The zero-order valence-electron chi connectivity index (χ0n) is 9.72. The van der Waals surface area contributed by atoms with Gasteiger partial charge in [0, 0.05) is 6.07 Å². The summed E-state index contributed by atoms with van der Waals surface area (Å²) in [5.74, 6) is -1.64. The molecule has 0 unspecified atom stereocenters. The Morgan fingerprint density at radius 3 is 2.68 bits per heavy atom. The van der Waals surface area contributed by atoms with E-state index in [2.05, 4.69) is 14.9 Å². The molecule has 0 aliphatic rings. The summed E-state index contributed by atoms with van der Waals surface area (Å²) in [5, 5.41) is 3.47. The van der Waals surface area contributed by atoms with Crippen LogP contribution >= 0.6 is 0 Å². The summed E-state index contributed by atoms with van der Waals surface area (Å²) in [7, 11) is -4.12. The third kappa shape index (κ3) is 3.12. The molecule has 0 saturated carbocycles. The maximum absolute atomic E-state index is 13.4. The van der Waals surface area contributed by atoms with Gasteiger partial charge in [-0.15, -0.1) is 0 Å². The fourth-order valence-corrected chi connectivity index (χ4v) is 2.37. The fourth-order valence-electron chi connectivity index (χ4n) is 1.34. The smallest absolute Gasteiger partial charge is 0.243 e. The van der Waals surface area contributed by atoms with Gasteiger partial charge in [-0.25, -0.2) is 21.9 Å². The van der Waals surface area contributed by atoms with Crippen LogP contribution in [-0.2, 0) is 16.6 Å². The van der Waals surface area contributed by atoms with E-state index in [9.17, 15) is 17.2 Å². The standard InChI is InChI=1S/C10H9F2N3O3S/c1-6-14-10(18-15-6)5-13-19(16,17)9-3-2-7(11)4-8(9)12/h2-4,13H,5H2,1H3. The molecule has 2 rings (SSSR count). The van der Waals surface area contributed by atoms with E-state index >= 15 is 0 Å². The minimum Gasteiger partial charge on any atom is -0.338 e. The molecule has 9 heteroatoms. The van der Waals surface area contributed by atoms with Crippen molar-refractivity contribution in [3.8, 4) is 0 Å². The Morgan fingerprint density at radius 2 is 2.11 bits per heavy atom. The van der Waals surface area contributed by atoms with E-state index in [1.807, 2.05) is 0 Å². The first-order chi connectivity index (χ1) is 8.88. The zero-order valence-corrected chi connectivity index (χ0v) is 10.5. The van der Waals surface area contributed by atoms with Crippen LogP contribution in [0.1, 0.15) is 11.7 Å². The molecule has 0 bridgehead atoms. The number of sulfonamides is 1. The van der Waals surface area contributed by atoms with Crippen LogP contribution in [0.15, 0.2) is 27.6 Å². The normalized spacial score (nSPS) is 11.7. The molecular weight excluding hydrogens is 280 g/mol. The Kier molecular flexibility index (Phi) is 3.58. The minimum atomic E-state index is -4.12. The maximum Gasteiger partial charge on any atom is 0.243 e. The van der Waals surface area contributed by atoms with Crippen LogP contribution in [0.25, 0.3) is 0 Å². The van der Waals surface area contributed by atoms with Gasteiger partial charge in [0.25, 0.3) is 0 Å². The van der Waals surface area contributed by atoms with Crippen LogP contribution in [0.5, 0.6) is 0 Å². The zero-order chi connectivity index (χ0) is 14.0. The Labute approximate surface area is 107 Å². The fraction of sp³-hybridized carbons (Fsp3) is 0.200. The molecule has 0 aliphatic heterocycles. The summed E-state index contributed by atoms with van der Waals surface area (Å²) in [5.41, 5.74) is 0. The summed E-state index contributed by atoms with van der Waals surface area (Å²) >= 11 is 0. The third-order valence-corrected chi connectivity index (χ3v) is 3.60. The van der Waals surface area contributed by atoms with Gasteiger partial charge in [-0.3, -0.25) is 0 Å². The summed E-state index contributed by atoms with van der Waals surface area (Å²) in [4.78, 5) is 3.14. The molecule has 1 aromatic carbocycles. The van der Waals surface area contributed by atoms with E-state index in [0.717, 1.165) is 12.1 Å². The van der Waals surface area contributed by atoms with Gasteiger partial charge >= 0.3 is 0 Å². The summed E-state index contributed by atoms with van der Waals surface area (Å²) in [6.45, 7) is 1.29. The van der Waals surface area contributed by atoms with Gasteiger partial charge in [0.15, 0.2) is 5.82 Å². The highest BCUT2D eigenvalue weighted by atomic mass is 32.2. The van der Waals surface area contributed by atoms with E-state index in [1.54, 1.807) is 6.92 Å². The quantitative estimate of drug-likeness (QED) is 0.912. The molecule has 2 aromatic rings. The van der Waals surface area contributed by atoms with Gasteiger partial charge in [0.2, 0.25) is 15.9 Å². The largest absolute Gasteiger partial charge is 0.338 e. The molecule has 0 fully saturated rings. The lowest BCUT2D eigenvalue weighted by atomic mass is 10.3. The number of nitrogens with one attached hydrogen (secondary N) is 1. The van der Waals surface area contributed by atoms with Crippen molar-refractivity contribution in [1.82, 2.24) is 14.9 Å². The number of aryl methyl sites for hydroxylation is 1. The lowest BCUT2D eigenvalue weighted by molar-refractivity contribution is 0.372. The van der Waals surface area contributed by atoms with Gasteiger partial charge < -0.3 is 4.52 Å². The van der Waals surface area contributed by atoms with Gasteiger partial charge in [-0.1, -0.05) is 5.16 Å². The van der Waals surface area contributed by atoms with Crippen molar-refractivity contribution in [2.45, 2.75) is 18.4 Å². The van der Waals surface area contributed by atoms with Crippen molar-refractivity contribution < 1.29 is 21.7 Å². The monoisotopic (exact) mass is 289 g/mol. The van der Waals surface area contributed by atoms with Gasteiger partial charge in [0.1, 0.15) is 16.5 Å². The van der Waals surface area contributed by atoms with Crippen molar-refractivity contribution in [2.24, 2.45) is 0 Å². The lowest BCUT2D eigenvalue weighted by Gasteiger charge is -2.05. The second kappa shape index (κ2) is 5.02. The van der Waals surface area contributed by atoms with Crippen molar-refractivity contribution >= 4 is 10.0 Å². The van der Waals surface area contributed by atoms with Crippen molar-refractivity contribution in [2.75, 3.05) is 0 Å². The maximum atomic E-state index is 13.4. The van der Waals surface area contributed by atoms with Gasteiger partial charge in [0.05, 0.1) is 6.54 Å². The van der Waals surface area contributed by atoms with E-state index in [1.165, 1.54) is 0 Å². The average Bonchev–Trinajstić information content (AvgIpc) is 2.72. The molecule has 19 heavy (non-hydrogen) atoms. The van der Waals surface area contributed by atoms with Crippen LogP contribution in [0.3, 0.4) is 0 Å². The highest BCUT2D eigenvalue weighted by Crippen LogP contribution is 2.15. The Hall–Kier alpha value is -1.87. The van der Waals surface area contributed by atoms with Crippen molar-refractivity contribution in [1.29, 1.82) is 0 Å². The van der Waals surface area contributed by atoms with Crippen molar-refractivity contribution in [3.63, 3.8) is 0 Å². The molecule has 0 saturated heterocycles.